The first-order chi connectivity index (χ1) is 12.8. The fraction of sp³-hybridized carbons (Fsp3) is 0.391. The summed E-state index contributed by atoms with van der Waals surface area (Å²) in [5.41, 5.74) is 4.35. The van der Waals surface area contributed by atoms with E-state index in [1.807, 2.05) is 69.3 Å². The number of amides is 2. The molecule has 144 valence electrons. The fourth-order valence-electron chi connectivity index (χ4n) is 2.96. The third-order valence-corrected chi connectivity index (χ3v) is 4.72. The second-order valence-electron chi connectivity index (χ2n) is 7.44. The molecule has 0 radical (unpaired) electrons. The van der Waals surface area contributed by atoms with Crippen LogP contribution in [-0.4, -0.2) is 28.8 Å². The zero-order chi connectivity index (χ0) is 20.0. The normalized spacial score (nSPS) is 11.9. The Bertz CT molecular complexity index is 784. The van der Waals surface area contributed by atoms with Gasteiger partial charge in [0.25, 0.3) is 0 Å². The minimum Gasteiger partial charge on any atom is -0.352 e. The van der Waals surface area contributed by atoms with E-state index in [4.69, 9.17) is 0 Å². The zero-order valence-electron chi connectivity index (χ0n) is 17.0. The van der Waals surface area contributed by atoms with Crippen LogP contribution >= 0.6 is 0 Å². The van der Waals surface area contributed by atoms with Crippen molar-refractivity contribution in [2.24, 2.45) is 0 Å². The largest absolute Gasteiger partial charge is 0.352 e. The van der Waals surface area contributed by atoms with E-state index in [-0.39, 0.29) is 24.3 Å². The molecule has 0 saturated carbocycles. The van der Waals surface area contributed by atoms with Crippen LogP contribution in [0.25, 0.3) is 0 Å². The van der Waals surface area contributed by atoms with E-state index in [0.717, 1.165) is 11.1 Å². The Kier molecular flexibility index (Phi) is 7.17. The molecule has 27 heavy (non-hydrogen) atoms. The van der Waals surface area contributed by atoms with Crippen LogP contribution in [0.5, 0.6) is 0 Å². The minimum atomic E-state index is -0.536. The standard InChI is InChI=1S/C23H30N2O2/c1-16(2)24-23(27)19(5)25(15-20-9-7-6-8-10-20)22(26)14-21-12-11-17(3)18(4)13-21/h6-13,16,19H,14-15H2,1-5H3,(H,24,27)/t19-/m0/s1. The molecule has 0 fully saturated rings. The number of hydrogen-bond donors (Lipinski definition) is 1. The van der Waals surface area contributed by atoms with E-state index >= 15 is 0 Å². The molecule has 4 nitrogen and oxygen atoms in total. The summed E-state index contributed by atoms with van der Waals surface area (Å²) in [6.45, 7) is 10.1. The number of carbonyl (C=O) groups excluding carboxylic acids is 2. The molecule has 0 spiro atoms. The van der Waals surface area contributed by atoms with Crippen molar-refractivity contribution < 1.29 is 9.59 Å². The molecule has 2 aromatic rings. The molecule has 0 unspecified atom stereocenters. The number of nitrogens with one attached hydrogen (secondary N) is 1. The van der Waals surface area contributed by atoms with E-state index in [1.165, 1.54) is 11.1 Å². The lowest BCUT2D eigenvalue weighted by molar-refractivity contribution is -0.140. The van der Waals surface area contributed by atoms with E-state index in [9.17, 15) is 9.59 Å². The van der Waals surface area contributed by atoms with E-state index in [2.05, 4.69) is 12.2 Å². The Labute approximate surface area is 162 Å². The topological polar surface area (TPSA) is 49.4 Å². The van der Waals surface area contributed by atoms with Crippen molar-refractivity contribution in [1.82, 2.24) is 10.2 Å². The van der Waals surface area contributed by atoms with Gasteiger partial charge in [-0.15, -0.1) is 0 Å². The number of nitrogens with zero attached hydrogens (tertiary/aromatic N) is 1. The highest BCUT2D eigenvalue weighted by Crippen LogP contribution is 2.15. The van der Waals surface area contributed by atoms with Crippen molar-refractivity contribution in [3.05, 3.63) is 70.8 Å². The zero-order valence-corrected chi connectivity index (χ0v) is 17.0. The molecule has 0 saturated heterocycles. The molecule has 0 aliphatic heterocycles. The maximum Gasteiger partial charge on any atom is 0.242 e. The monoisotopic (exact) mass is 366 g/mol. The molecule has 0 aromatic heterocycles. The van der Waals surface area contributed by atoms with Gasteiger partial charge in [-0.2, -0.15) is 0 Å². The predicted molar refractivity (Wildman–Crippen MR) is 109 cm³/mol. The van der Waals surface area contributed by atoms with E-state index in [1.54, 1.807) is 11.8 Å². The third-order valence-electron chi connectivity index (χ3n) is 4.72. The van der Waals surface area contributed by atoms with E-state index in [0.29, 0.717) is 6.54 Å². The van der Waals surface area contributed by atoms with Crippen LogP contribution in [0.3, 0.4) is 0 Å². The Morgan fingerprint density at radius 2 is 1.59 bits per heavy atom. The van der Waals surface area contributed by atoms with Crippen LogP contribution in [0.4, 0.5) is 0 Å². The van der Waals surface area contributed by atoms with Gasteiger partial charge in [-0.05, 0) is 56.9 Å². The van der Waals surface area contributed by atoms with Gasteiger partial charge < -0.3 is 10.2 Å². The van der Waals surface area contributed by atoms with Gasteiger partial charge in [0.2, 0.25) is 11.8 Å². The number of carbonyl (C=O) groups is 2. The molecular weight excluding hydrogens is 336 g/mol. The predicted octanol–water partition coefficient (Wildman–Crippen LogP) is 3.79. The second kappa shape index (κ2) is 9.36. The van der Waals surface area contributed by atoms with Gasteiger partial charge >= 0.3 is 0 Å². The van der Waals surface area contributed by atoms with Gasteiger partial charge in [-0.3, -0.25) is 9.59 Å². The molecule has 2 rings (SSSR count). The average molecular weight is 367 g/mol. The van der Waals surface area contributed by atoms with Crippen molar-refractivity contribution in [2.45, 2.75) is 59.7 Å². The summed E-state index contributed by atoms with van der Waals surface area (Å²) < 4.78 is 0. The van der Waals surface area contributed by atoms with Gasteiger partial charge in [0.05, 0.1) is 6.42 Å². The highest BCUT2D eigenvalue weighted by atomic mass is 16.2. The quantitative estimate of drug-likeness (QED) is 0.810. The molecule has 2 aromatic carbocycles. The van der Waals surface area contributed by atoms with Gasteiger partial charge in [-0.1, -0.05) is 48.5 Å². The van der Waals surface area contributed by atoms with Crippen molar-refractivity contribution >= 4 is 11.8 Å². The Balaban J connectivity index is 2.22. The van der Waals surface area contributed by atoms with Crippen LogP contribution in [-0.2, 0) is 22.6 Å². The number of hydrogen-bond acceptors (Lipinski definition) is 2. The maximum atomic E-state index is 13.1. The second-order valence-corrected chi connectivity index (χ2v) is 7.44. The Morgan fingerprint density at radius 3 is 2.19 bits per heavy atom. The third kappa shape index (κ3) is 5.95. The maximum absolute atomic E-state index is 13.1. The Hall–Kier alpha value is -2.62. The SMILES string of the molecule is Cc1ccc(CC(=O)N(Cc2ccccc2)[C@@H](C)C(=O)NC(C)C)cc1C. The van der Waals surface area contributed by atoms with Gasteiger partial charge in [0.1, 0.15) is 6.04 Å². The van der Waals surface area contributed by atoms with Crippen LogP contribution in [0.2, 0.25) is 0 Å². The first-order valence-electron chi connectivity index (χ1n) is 9.48. The highest BCUT2D eigenvalue weighted by Gasteiger charge is 2.26. The van der Waals surface area contributed by atoms with Crippen molar-refractivity contribution in [1.29, 1.82) is 0 Å². The smallest absolute Gasteiger partial charge is 0.242 e. The lowest BCUT2D eigenvalue weighted by atomic mass is 10.0. The summed E-state index contributed by atoms with van der Waals surface area (Å²) in [5, 5.41) is 2.91. The van der Waals surface area contributed by atoms with Crippen molar-refractivity contribution in [2.75, 3.05) is 0 Å². The molecule has 1 atom stereocenters. The van der Waals surface area contributed by atoms with Gasteiger partial charge in [0, 0.05) is 12.6 Å². The Morgan fingerprint density at radius 1 is 0.926 bits per heavy atom. The van der Waals surface area contributed by atoms with Crippen LogP contribution in [0, 0.1) is 13.8 Å². The first kappa shape index (κ1) is 20.7. The molecular formula is C23H30N2O2. The summed E-state index contributed by atoms with van der Waals surface area (Å²) in [5.74, 6) is -0.178. The summed E-state index contributed by atoms with van der Waals surface area (Å²) >= 11 is 0. The minimum absolute atomic E-state index is 0.0355. The molecule has 4 heteroatoms. The van der Waals surface area contributed by atoms with Crippen LogP contribution < -0.4 is 5.32 Å². The number of benzene rings is 2. The fourth-order valence-corrected chi connectivity index (χ4v) is 2.96. The summed E-state index contributed by atoms with van der Waals surface area (Å²) in [6.07, 6.45) is 0.285. The summed E-state index contributed by atoms with van der Waals surface area (Å²) in [4.78, 5) is 27.3. The van der Waals surface area contributed by atoms with E-state index < -0.39 is 6.04 Å². The molecule has 0 aliphatic carbocycles. The number of aryl methyl sites for hydroxylation is 2. The van der Waals surface area contributed by atoms with Crippen molar-refractivity contribution in [3.63, 3.8) is 0 Å². The van der Waals surface area contributed by atoms with Crippen molar-refractivity contribution in [3.8, 4) is 0 Å². The molecule has 0 aliphatic rings. The lowest BCUT2D eigenvalue weighted by Crippen LogP contribution is -2.49. The van der Waals surface area contributed by atoms with Crippen LogP contribution in [0.1, 0.15) is 43.0 Å². The molecule has 1 N–H and O–H groups in total. The lowest BCUT2D eigenvalue weighted by Gasteiger charge is -2.29. The summed E-state index contributed by atoms with van der Waals surface area (Å²) in [7, 11) is 0. The first-order valence-corrected chi connectivity index (χ1v) is 9.48. The van der Waals surface area contributed by atoms with Crippen LogP contribution in [0.15, 0.2) is 48.5 Å². The summed E-state index contributed by atoms with van der Waals surface area (Å²) in [6, 6.07) is 15.4. The molecule has 2 amide bonds. The molecule has 0 heterocycles. The molecule has 0 bridgehead atoms. The van der Waals surface area contributed by atoms with Gasteiger partial charge in [0.15, 0.2) is 0 Å². The highest BCUT2D eigenvalue weighted by molar-refractivity contribution is 5.88. The average Bonchev–Trinajstić information content (AvgIpc) is 2.62. The van der Waals surface area contributed by atoms with Gasteiger partial charge in [-0.25, -0.2) is 0 Å². The number of rotatable bonds is 7.